The van der Waals surface area contributed by atoms with E-state index >= 15 is 0 Å². The van der Waals surface area contributed by atoms with E-state index in [9.17, 15) is 44.0 Å². The van der Waals surface area contributed by atoms with Crippen molar-refractivity contribution in [1.29, 1.82) is 0 Å². The minimum Gasteiger partial charge on any atom is -0.508 e. The van der Waals surface area contributed by atoms with Crippen LogP contribution >= 0.6 is 23.4 Å². The number of hydrogen-bond donors (Lipinski definition) is 6. The topological polar surface area (TPSA) is 191 Å². The number of nitrogens with one attached hydrogen (secondary N) is 2. The third-order valence-corrected chi connectivity index (χ3v) is 15.0. The highest BCUT2D eigenvalue weighted by Crippen LogP contribution is 2.39. The number of aliphatic hydroxyl groups is 2. The summed E-state index contributed by atoms with van der Waals surface area (Å²) < 4.78 is 21.5. The van der Waals surface area contributed by atoms with Gasteiger partial charge in [-0.25, -0.2) is 9.18 Å². The summed E-state index contributed by atoms with van der Waals surface area (Å²) in [6.45, 7) is 12.3. The van der Waals surface area contributed by atoms with Gasteiger partial charge in [-0.05, 0) is 106 Å². The van der Waals surface area contributed by atoms with Gasteiger partial charge in [0.15, 0.2) is 0 Å². The summed E-state index contributed by atoms with van der Waals surface area (Å²) in [6, 6.07) is 21.3. The van der Waals surface area contributed by atoms with Gasteiger partial charge in [-0.3, -0.25) is 19.3 Å². The molecule has 1 saturated heterocycles. The molecular formula is C55H68ClFN4O9S. The zero-order chi connectivity index (χ0) is 51.7. The molecule has 0 bridgehead atoms. The van der Waals surface area contributed by atoms with E-state index in [0.717, 1.165) is 30.7 Å². The van der Waals surface area contributed by atoms with E-state index in [1.807, 2.05) is 65.0 Å². The van der Waals surface area contributed by atoms with Gasteiger partial charge in [0.2, 0.25) is 11.3 Å². The number of benzene rings is 4. The van der Waals surface area contributed by atoms with Crippen molar-refractivity contribution in [2.24, 2.45) is 17.8 Å². The number of carboxylic acids is 1. The van der Waals surface area contributed by atoms with Gasteiger partial charge in [0.05, 0.1) is 48.5 Å². The van der Waals surface area contributed by atoms with E-state index in [1.54, 1.807) is 59.7 Å². The van der Waals surface area contributed by atoms with Crippen LogP contribution in [0.25, 0.3) is 10.9 Å². The van der Waals surface area contributed by atoms with Crippen molar-refractivity contribution in [2.75, 3.05) is 32.6 Å². The average Bonchev–Trinajstić information content (AvgIpc) is 3.32. The van der Waals surface area contributed by atoms with Crippen molar-refractivity contribution in [3.63, 3.8) is 0 Å². The maximum Gasteiger partial charge on any atom is 0.341 e. The van der Waals surface area contributed by atoms with Gasteiger partial charge in [0.1, 0.15) is 22.9 Å². The van der Waals surface area contributed by atoms with E-state index in [4.69, 9.17) is 16.3 Å². The van der Waals surface area contributed by atoms with Crippen molar-refractivity contribution < 1.29 is 43.9 Å². The Kier molecular flexibility index (Phi) is 18.8. The molecule has 5 aromatic rings. The van der Waals surface area contributed by atoms with Crippen LogP contribution in [0.5, 0.6) is 11.5 Å². The Bertz CT molecular complexity index is 2730. The van der Waals surface area contributed by atoms with Gasteiger partial charge < -0.3 is 40.4 Å². The van der Waals surface area contributed by atoms with Crippen LogP contribution in [0.2, 0.25) is 5.02 Å². The first-order valence-corrected chi connectivity index (χ1v) is 25.6. The highest BCUT2D eigenvalue weighted by molar-refractivity contribution is 7.99. The zero-order valence-corrected chi connectivity index (χ0v) is 43.2. The average molecular weight is 1020 g/mol. The van der Waals surface area contributed by atoms with E-state index in [-0.39, 0.29) is 58.5 Å². The highest BCUT2D eigenvalue weighted by atomic mass is 35.5. The molecule has 2 aliphatic rings. The number of nitrogens with zero attached hydrogens (tertiary/aromatic N) is 2. The number of carbonyl (C=O) groups is 3. The largest absolute Gasteiger partial charge is 0.508 e. The molecule has 0 unspecified atom stereocenters. The predicted octanol–water partition coefficient (Wildman–Crippen LogP) is 9.03. The number of phenolic OH excluding ortho intramolecular Hbond substituents is 1. The van der Waals surface area contributed by atoms with E-state index in [2.05, 4.69) is 15.5 Å². The molecule has 4 aromatic carbocycles. The molecule has 2 heterocycles. The number of aromatic carboxylic acids is 1. The fourth-order valence-electron chi connectivity index (χ4n) is 9.75. The van der Waals surface area contributed by atoms with E-state index < -0.39 is 41.0 Å². The van der Waals surface area contributed by atoms with Crippen LogP contribution in [0.1, 0.15) is 110 Å². The molecule has 0 radical (unpaired) electrons. The monoisotopic (exact) mass is 1010 g/mol. The Balaban J connectivity index is 0.000000240. The number of halogens is 2. The highest BCUT2D eigenvalue weighted by Gasteiger charge is 2.42. The number of likely N-dealkylation sites (tertiary alicyclic amines) is 1. The lowest BCUT2D eigenvalue weighted by Gasteiger charge is -2.47. The summed E-state index contributed by atoms with van der Waals surface area (Å²) in [5.41, 5.74) is 0.728. The van der Waals surface area contributed by atoms with Gasteiger partial charge >= 0.3 is 5.97 Å². The number of aromatic hydroxyl groups is 1. The lowest BCUT2D eigenvalue weighted by molar-refractivity contribution is -0.132. The number of aromatic nitrogens is 1. The first kappa shape index (κ1) is 54.9. The van der Waals surface area contributed by atoms with Gasteiger partial charge in [-0.15, -0.1) is 11.8 Å². The number of thioether (sulfide) groups is 1. The summed E-state index contributed by atoms with van der Waals surface area (Å²) in [5.74, 6) is -0.288. The van der Waals surface area contributed by atoms with Crippen molar-refractivity contribution in [3.8, 4) is 11.5 Å². The number of carboxylic acid groups (broad SMARTS) is 1. The lowest BCUT2D eigenvalue weighted by Crippen LogP contribution is -2.60. The van der Waals surface area contributed by atoms with Crippen molar-refractivity contribution in [2.45, 2.75) is 115 Å². The fourth-order valence-corrected chi connectivity index (χ4v) is 11.0. The number of fused-ring (bicyclic) bond motifs is 2. The van der Waals surface area contributed by atoms with Gasteiger partial charge in [-0.2, -0.15) is 0 Å². The summed E-state index contributed by atoms with van der Waals surface area (Å²) in [4.78, 5) is 54.7. The standard InChI is InChI=1S/C32H45N3O4S.C23H23ClFNO5/c1-21-25(15-10-16-28(21)36)30(38)33-26(20-40-24-13-6-5-7-14-24)29(37)19-35-18-23-12-9-8-11-22(23)17-27(35)31(39)34-32(2,3)4;1-12(2)19(11-27)26-10-16(23(29)30)22(28)15-8-14(20(31-3)9-18(15)26)7-13-5-4-6-17(24)21(13)25/h5-7,10,13-16,22-23,26-27,29,36-37H,8-9,11-12,17-20H2,1-4H3,(H,33,38)(H,34,39);4-6,8-10,12,19,27H,7,11H2,1-3H3,(H,29,30)/t22-,23+,26-,27-,29+;19-/m01/s1. The number of ether oxygens (including phenoxy) is 1. The van der Waals surface area contributed by atoms with Crippen LogP contribution < -0.4 is 20.8 Å². The molecule has 7 rings (SSSR count). The second-order valence-electron chi connectivity index (χ2n) is 20.1. The zero-order valence-electron chi connectivity index (χ0n) is 41.6. The molecule has 6 atom stereocenters. The normalized spacial score (nSPS) is 18.4. The van der Waals surface area contributed by atoms with Crippen LogP contribution in [0.15, 0.2) is 94.7 Å². The molecule has 13 nitrogen and oxygen atoms in total. The van der Waals surface area contributed by atoms with Crippen molar-refractivity contribution >= 4 is 52.0 Å². The molecule has 1 aliphatic carbocycles. The molecule has 1 aliphatic heterocycles. The first-order chi connectivity index (χ1) is 33.7. The molecule has 0 spiro atoms. The number of aliphatic hydroxyl groups excluding tert-OH is 2. The van der Waals surface area contributed by atoms with Crippen LogP contribution in [0, 0.1) is 30.5 Å². The van der Waals surface area contributed by atoms with Crippen LogP contribution in [0.4, 0.5) is 4.39 Å². The van der Waals surface area contributed by atoms with E-state index in [1.165, 1.54) is 38.3 Å². The Morgan fingerprint density at radius 3 is 2.30 bits per heavy atom. The Hall–Kier alpha value is -5.45. The summed E-state index contributed by atoms with van der Waals surface area (Å²) in [5, 5.41) is 47.6. The number of rotatable bonds is 16. The molecule has 1 saturated carbocycles. The minimum atomic E-state index is -1.36. The Morgan fingerprint density at radius 1 is 0.958 bits per heavy atom. The molecule has 2 fully saturated rings. The maximum atomic E-state index is 14.4. The lowest BCUT2D eigenvalue weighted by atomic mass is 9.72. The third kappa shape index (κ3) is 13.7. The van der Waals surface area contributed by atoms with Crippen LogP contribution in [-0.2, 0) is 11.2 Å². The number of pyridine rings is 1. The van der Waals surface area contributed by atoms with Crippen LogP contribution in [-0.4, -0.2) is 104 Å². The molecule has 382 valence electrons. The molecule has 2 amide bonds. The molecule has 6 N–H and O–H groups in total. The molecule has 1 aromatic heterocycles. The number of methoxy groups -OCH3 is 1. The smallest absolute Gasteiger partial charge is 0.341 e. The SMILES string of the molecule is COc1cc2c(cc1Cc1cccc(Cl)c1F)c(=O)c(C(=O)O)cn2[C@H](CO)C(C)C.Cc1c(O)cccc1C(=O)N[C@@H](CSc1ccccc1)[C@H](O)CN1C[C@H]2CCCC[C@H]2C[C@H]1C(=O)NC(C)(C)C. The Morgan fingerprint density at radius 2 is 1.65 bits per heavy atom. The second kappa shape index (κ2) is 24.3. The maximum absolute atomic E-state index is 14.4. The first-order valence-electron chi connectivity index (χ1n) is 24.2. The summed E-state index contributed by atoms with van der Waals surface area (Å²) in [6.07, 6.45) is 6.02. The number of amides is 2. The quantitative estimate of drug-likeness (QED) is 0.0518. The second-order valence-corrected chi connectivity index (χ2v) is 21.6. The van der Waals surface area contributed by atoms with Gasteiger partial charge in [0.25, 0.3) is 5.91 Å². The van der Waals surface area contributed by atoms with Crippen LogP contribution in [0.3, 0.4) is 0 Å². The number of piperidine rings is 1. The minimum absolute atomic E-state index is 0.0124. The van der Waals surface area contributed by atoms with Gasteiger partial charge in [0, 0.05) is 64.5 Å². The number of hydrogen-bond acceptors (Lipinski definition) is 10. The fraction of sp³-hybridized carbons (Fsp3) is 0.455. The number of carbonyl (C=O) groups excluding carboxylic acids is 2. The number of phenols is 1. The molecule has 71 heavy (non-hydrogen) atoms. The third-order valence-electron chi connectivity index (χ3n) is 13.6. The molecule has 16 heteroatoms. The molecular weight excluding hydrogens is 947 g/mol. The summed E-state index contributed by atoms with van der Waals surface area (Å²) >= 11 is 7.46. The van der Waals surface area contributed by atoms with Crippen molar-refractivity contribution in [3.05, 3.63) is 134 Å². The predicted molar refractivity (Wildman–Crippen MR) is 277 cm³/mol. The van der Waals surface area contributed by atoms with Gasteiger partial charge in [-0.1, -0.05) is 81.1 Å². The summed E-state index contributed by atoms with van der Waals surface area (Å²) in [7, 11) is 1.46. The van der Waals surface area contributed by atoms with E-state index in [0.29, 0.717) is 57.7 Å². The Labute approximate surface area is 424 Å². The number of β-amino-alcohol motifs (C(OH)–C–C–N with tert-alkyl or cyclic N) is 1. The van der Waals surface area contributed by atoms with Crippen molar-refractivity contribution in [1.82, 2.24) is 20.1 Å².